The number of esters is 1. The molecule has 5 nitrogen and oxygen atoms in total. The minimum atomic E-state index is -0.408. The van der Waals surface area contributed by atoms with Gasteiger partial charge in [0, 0.05) is 23.8 Å². The maximum atomic E-state index is 12.6. The number of amides is 1. The average molecular weight is 334 g/mol. The Bertz CT molecular complexity index is 687. The summed E-state index contributed by atoms with van der Waals surface area (Å²) >= 11 is 2.93. The van der Waals surface area contributed by atoms with Crippen molar-refractivity contribution in [2.45, 2.75) is 16.6 Å². The van der Waals surface area contributed by atoms with Crippen molar-refractivity contribution in [2.75, 3.05) is 18.6 Å². The van der Waals surface area contributed by atoms with E-state index in [0.29, 0.717) is 17.1 Å². The summed E-state index contributed by atoms with van der Waals surface area (Å²) in [5.41, 5.74) is 0.454. The molecule has 2 aromatic heterocycles. The van der Waals surface area contributed by atoms with Crippen LogP contribution in [-0.2, 0) is 9.53 Å². The fourth-order valence-electron chi connectivity index (χ4n) is 2.32. The number of ether oxygens (including phenoxy) is 1. The Labute approximate surface area is 136 Å². The minimum Gasteiger partial charge on any atom is -0.465 e. The van der Waals surface area contributed by atoms with Crippen LogP contribution in [-0.4, -0.2) is 35.8 Å². The van der Waals surface area contributed by atoms with Crippen LogP contribution < -0.4 is 4.90 Å². The Morgan fingerprint density at radius 2 is 2.18 bits per heavy atom. The highest BCUT2D eigenvalue weighted by molar-refractivity contribution is 8.00. The van der Waals surface area contributed by atoms with E-state index in [-0.39, 0.29) is 11.2 Å². The number of aromatic nitrogens is 1. The lowest BCUT2D eigenvalue weighted by Crippen LogP contribution is -2.28. The first kappa shape index (κ1) is 15.1. The van der Waals surface area contributed by atoms with Gasteiger partial charge in [-0.15, -0.1) is 23.1 Å². The molecule has 1 aliphatic heterocycles. The summed E-state index contributed by atoms with van der Waals surface area (Å²) in [5, 5.41) is 2.35. The molecule has 1 amide bonds. The first-order valence-electron chi connectivity index (χ1n) is 6.74. The zero-order chi connectivity index (χ0) is 15.5. The van der Waals surface area contributed by atoms with Gasteiger partial charge in [0.2, 0.25) is 5.91 Å². The van der Waals surface area contributed by atoms with Crippen LogP contribution in [0.25, 0.3) is 0 Å². The molecule has 0 spiro atoms. The number of thiophene rings is 1. The number of anilines is 1. The number of hydrogen-bond donors (Lipinski definition) is 0. The Morgan fingerprint density at radius 3 is 2.91 bits per heavy atom. The van der Waals surface area contributed by atoms with E-state index >= 15 is 0 Å². The van der Waals surface area contributed by atoms with Crippen molar-refractivity contribution in [3.05, 3.63) is 41.5 Å². The Morgan fingerprint density at radius 1 is 1.41 bits per heavy atom. The van der Waals surface area contributed by atoms with E-state index in [1.54, 1.807) is 28.7 Å². The van der Waals surface area contributed by atoms with Crippen LogP contribution in [0, 0.1) is 0 Å². The van der Waals surface area contributed by atoms with Crippen molar-refractivity contribution >= 4 is 40.0 Å². The molecule has 114 valence electrons. The summed E-state index contributed by atoms with van der Waals surface area (Å²) in [5.74, 6) is -0.372. The topological polar surface area (TPSA) is 59.5 Å². The van der Waals surface area contributed by atoms with Crippen molar-refractivity contribution in [1.29, 1.82) is 0 Å². The molecule has 3 rings (SSSR count). The Kier molecular flexibility index (Phi) is 4.44. The van der Waals surface area contributed by atoms with Gasteiger partial charge in [0.05, 0.1) is 17.9 Å². The van der Waals surface area contributed by atoms with Crippen molar-refractivity contribution in [2.24, 2.45) is 0 Å². The lowest BCUT2D eigenvalue weighted by molar-refractivity contribution is -0.116. The van der Waals surface area contributed by atoms with Gasteiger partial charge in [-0.3, -0.25) is 9.78 Å². The maximum absolute atomic E-state index is 12.6. The molecular weight excluding hydrogens is 320 g/mol. The first-order chi connectivity index (χ1) is 10.7. The molecule has 0 N–H and O–H groups in total. The lowest BCUT2D eigenvalue weighted by Gasteiger charge is -2.16. The third-order valence-corrected chi connectivity index (χ3v) is 5.58. The van der Waals surface area contributed by atoms with Crippen LogP contribution in [0.5, 0.6) is 0 Å². The molecule has 7 heteroatoms. The number of carbonyl (C=O) groups is 2. The van der Waals surface area contributed by atoms with Crippen molar-refractivity contribution in [3.8, 4) is 0 Å². The minimum absolute atomic E-state index is 0.0365. The smallest absolute Gasteiger partial charge is 0.340 e. The molecular formula is C15H14N2O3S2. The summed E-state index contributed by atoms with van der Waals surface area (Å²) in [7, 11) is 1.34. The second-order valence-corrected chi connectivity index (χ2v) is 6.87. The number of hydrogen-bond acceptors (Lipinski definition) is 6. The number of thioether (sulfide) groups is 1. The quantitative estimate of drug-likeness (QED) is 0.805. The van der Waals surface area contributed by atoms with E-state index in [2.05, 4.69) is 4.98 Å². The third-order valence-electron chi connectivity index (χ3n) is 3.38. The number of methoxy groups -OCH3 is 1. The molecule has 22 heavy (non-hydrogen) atoms. The number of pyridine rings is 1. The molecule has 0 radical (unpaired) electrons. The average Bonchev–Trinajstić information content (AvgIpc) is 3.15. The second kappa shape index (κ2) is 6.50. The highest BCUT2D eigenvalue weighted by atomic mass is 32.2. The van der Waals surface area contributed by atoms with E-state index in [1.165, 1.54) is 30.2 Å². The molecule has 1 aliphatic rings. The molecule has 1 atom stereocenters. The van der Waals surface area contributed by atoms with E-state index in [0.717, 1.165) is 11.3 Å². The van der Waals surface area contributed by atoms with E-state index in [4.69, 9.17) is 4.74 Å². The van der Waals surface area contributed by atoms with Crippen LogP contribution in [0.2, 0.25) is 0 Å². The van der Waals surface area contributed by atoms with Crippen LogP contribution in [0.15, 0.2) is 40.9 Å². The molecule has 1 fully saturated rings. The predicted molar refractivity (Wildman–Crippen MR) is 86.5 cm³/mol. The van der Waals surface area contributed by atoms with Gasteiger partial charge in [-0.05, 0) is 30.0 Å². The van der Waals surface area contributed by atoms with Gasteiger partial charge in [0.15, 0.2) is 0 Å². The van der Waals surface area contributed by atoms with Crippen LogP contribution in [0.4, 0.5) is 5.00 Å². The van der Waals surface area contributed by atoms with Crippen LogP contribution in [0.1, 0.15) is 16.8 Å². The molecule has 3 heterocycles. The fourth-order valence-corrected chi connectivity index (χ4v) is 4.30. The zero-order valence-corrected chi connectivity index (χ0v) is 13.5. The molecule has 2 aromatic rings. The summed E-state index contributed by atoms with van der Waals surface area (Å²) in [4.78, 5) is 31.1. The van der Waals surface area contributed by atoms with Gasteiger partial charge in [0.1, 0.15) is 5.00 Å². The van der Waals surface area contributed by atoms with Crippen molar-refractivity contribution in [3.63, 3.8) is 0 Å². The normalized spacial score (nSPS) is 17.8. The van der Waals surface area contributed by atoms with Gasteiger partial charge < -0.3 is 9.64 Å². The molecule has 0 aliphatic carbocycles. The lowest BCUT2D eigenvalue weighted by atomic mass is 10.3. The summed E-state index contributed by atoms with van der Waals surface area (Å²) in [6.45, 7) is 0.617. The Balaban J connectivity index is 1.77. The summed E-state index contributed by atoms with van der Waals surface area (Å²) < 4.78 is 4.77. The first-order valence-corrected chi connectivity index (χ1v) is 8.50. The molecule has 0 saturated carbocycles. The molecule has 1 saturated heterocycles. The van der Waals surface area contributed by atoms with Crippen LogP contribution in [0.3, 0.4) is 0 Å². The van der Waals surface area contributed by atoms with Gasteiger partial charge in [0.25, 0.3) is 0 Å². The summed E-state index contributed by atoms with van der Waals surface area (Å²) in [6.07, 6.45) is 4.19. The highest BCUT2D eigenvalue weighted by Gasteiger charge is 2.35. The number of nitrogens with zero attached hydrogens (tertiary/aromatic N) is 2. The van der Waals surface area contributed by atoms with E-state index in [1.807, 2.05) is 12.1 Å². The SMILES string of the molecule is COC(=O)c1ccsc1N1CC[C@H](Sc2ccncc2)C1=O. The van der Waals surface area contributed by atoms with Gasteiger partial charge in [-0.25, -0.2) is 4.79 Å². The van der Waals surface area contributed by atoms with Gasteiger partial charge in [-0.2, -0.15) is 0 Å². The molecule has 0 bridgehead atoms. The monoisotopic (exact) mass is 334 g/mol. The number of carbonyl (C=O) groups excluding carboxylic acids is 2. The number of rotatable bonds is 4. The highest BCUT2D eigenvalue weighted by Crippen LogP contribution is 2.36. The standard InChI is InChI=1S/C15H14N2O3S2/c1-20-15(19)11-5-9-21-14(11)17-8-4-12(13(17)18)22-10-2-6-16-7-3-10/h2-3,5-7,9,12H,4,8H2,1H3/t12-/m0/s1. The van der Waals surface area contributed by atoms with Crippen molar-refractivity contribution in [1.82, 2.24) is 4.98 Å². The molecule has 0 aromatic carbocycles. The third kappa shape index (κ3) is 2.86. The van der Waals surface area contributed by atoms with E-state index in [9.17, 15) is 9.59 Å². The molecule has 0 unspecified atom stereocenters. The summed E-state index contributed by atoms with van der Waals surface area (Å²) in [6, 6.07) is 5.49. The predicted octanol–water partition coefficient (Wildman–Crippen LogP) is 2.83. The van der Waals surface area contributed by atoms with E-state index < -0.39 is 5.97 Å². The van der Waals surface area contributed by atoms with Crippen molar-refractivity contribution < 1.29 is 14.3 Å². The van der Waals surface area contributed by atoms with Gasteiger partial charge in [-0.1, -0.05) is 0 Å². The second-order valence-electron chi connectivity index (χ2n) is 4.70. The van der Waals surface area contributed by atoms with Crippen LogP contribution >= 0.6 is 23.1 Å². The fraction of sp³-hybridized carbons (Fsp3) is 0.267. The zero-order valence-electron chi connectivity index (χ0n) is 11.9. The largest absolute Gasteiger partial charge is 0.465 e. The van der Waals surface area contributed by atoms with Gasteiger partial charge >= 0.3 is 5.97 Å². The maximum Gasteiger partial charge on any atom is 0.340 e. The Hall–Kier alpha value is -1.86.